The van der Waals surface area contributed by atoms with E-state index in [0.717, 1.165) is 50.5 Å². The average Bonchev–Trinajstić information content (AvgIpc) is 3.21. The van der Waals surface area contributed by atoms with E-state index in [0.29, 0.717) is 0 Å². The Balaban J connectivity index is 1.62. The van der Waals surface area contributed by atoms with Crippen molar-refractivity contribution in [3.63, 3.8) is 0 Å². The van der Waals surface area contributed by atoms with Crippen molar-refractivity contribution in [2.75, 3.05) is 0 Å². The molecule has 158 valence electrons. The first-order chi connectivity index (χ1) is 15.3. The number of hydrogen-bond acceptors (Lipinski definition) is 3. The summed E-state index contributed by atoms with van der Waals surface area (Å²) in [6.07, 6.45) is 6.22. The predicted molar refractivity (Wildman–Crippen MR) is 126 cm³/mol. The van der Waals surface area contributed by atoms with Crippen molar-refractivity contribution < 1.29 is 0 Å². The molecule has 2 heterocycles. The lowest BCUT2D eigenvalue weighted by Crippen LogP contribution is -2.24. The Bertz CT molecular complexity index is 1000. The Labute approximate surface area is 185 Å². The second kappa shape index (κ2) is 10.7. The fourth-order valence-electron chi connectivity index (χ4n) is 3.88. The molecule has 4 rings (SSSR count). The van der Waals surface area contributed by atoms with E-state index in [-0.39, 0.29) is 0 Å². The predicted octanol–water partition coefficient (Wildman–Crippen LogP) is 5.95. The number of aromatic nitrogens is 3. The van der Waals surface area contributed by atoms with Gasteiger partial charge >= 0.3 is 0 Å². The van der Waals surface area contributed by atoms with Crippen LogP contribution >= 0.6 is 0 Å². The van der Waals surface area contributed by atoms with Gasteiger partial charge in [0.1, 0.15) is 5.82 Å². The minimum absolute atomic E-state index is 0.801. The van der Waals surface area contributed by atoms with Gasteiger partial charge in [-0.3, -0.25) is 9.88 Å². The van der Waals surface area contributed by atoms with Gasteiger partial charge in [-0.1, -0.05) is 80.1 Å². The van der Waals surface area contributed by atoms with Crippen molar-refractivity contribution in [2.45, 2.75) is 45.9 Å². The summed E-state index contributed by atoms with van der Waals surface area (Å²) in [4.78, 5) is 11.8. The summed E-state index contributed by atoms with van der Waals surface area (Å²) in [5.74, 6) is 1.06. The summed E-state index contributed by atoms with van der Waals surface area (Å²) < 4.78 is 2.40. The molecular formula is C27H30N4. The number of rotatable bonds is 10. The molecule has 0 atom stereocenters. The highest BCUT2D eigenvalue weighted by molar-refractivity contribution is 5.55. The van der Waals surface area contributed by atoms with E-state index in [9.17, 15) is 0 Å². The summed E-state index contributed by atoms with van der Waals surface area (Å²) in [5, 5.41) is 0. The van der Waals surface area contributed by atoms with Gasteiger partial charge < -0.3 is 4.57 Å². The fraction of sp³-hybridized carbons (Fsp3) is 0.259. The van der Waals surface area contributed by atoms with Crippen LogP contribution in [0.15, 0.2) is 91.3 Å². The van der Waals surface area contributed by atoms with E-state index in [4.69, 9.17) is 4.98 Å². The number of benzene rings is 2. The van der Waals surface area contributed by atoms with Crippen LogP contribution in [0, 0.1) is 0 Å². The summed E-state index contributed by atoms with van der Waals surface area (Å²) >= 11 is 0. The number of pyridine rings is 1. The normalized spacial score (nSPS) is 11.2. The van der Waals surface area contributed by atoms with E-state index < -0.39 is 0 Å². The van der Waals surface area contributed by atoms with Crippen LogP contribution in [0.2, 0.25) is 0 Å². The van der Waals surface area contributed by atoms with Gasteiger partial charge in [0, 0.05) is 37.9 Å². The van der Waals surface area contributed by atoms with Crippen molar-refractivity contribution in [1.29, 1.82) is 0 Å². The SMILES string of the molecule is CCCCn1c(CN(Cc2ccccc2)Cc2ccccn2)cnc1-c1ccccc1. The van der Waals surface area contributed by atoms with Crippen LogP contribution in [0.4, 0.5) is 0 Å². The molecule has 2 aromatic carbocycles. The van der Waals surface area contributed by atoms with Crippen molar-refractivity contribution in [3.8, 4) is 11.4 Å². The summed E-state index contributed by atoms with van der Waals surface area (Å²) in [6.45, 7) is 5.72. The molecule has 0 fully saturated rings. The second-order valence-electron chi connectivity index (χ2n) is 7.90. The van der Waals surface area contributed by atoms with Gasteiger partial charge in [0.25, 0.3) is 0 Å². The molecule has 0 aliphatic rings. The third-order valence-electron chi connectivity index (χ3n) is 5.45. The Morgan fingerprint density at radius 3 is 2.23 bits per heavy atom. The monoisotopic (exact) mass is 410 g/mol. The lowest BCUT2D eigenvalue weighted by atomic mass is 10.2. The van der Waals surface area contributed by atoms with Crippen molar-refractivity contribution >= 4 is 0 Å². The molecule has 0 radical (unpaired) electrons. The maximum atomic E-state index is 4.83. The van der Waals surface area contributed by atoms with Gasteiger partial charge in [-0.25, -0.2) is 4.98 Å². The van der Waals surface area contributed by atoms with Gasteiger partial charge in [0.2, 0.25) is 0 Å². The van der Waals surface area contributed by atoms with Gasteiger partial charge in [0.15, 0.2) is 0 Å². The first kappa shape index (κ1) is 21.0. The van der Waals surface area contributed by atoms with Crippen LogP contribution in [-0.4, -0.2) is 19.4 Å². The number of hydrogen-bond donors (Lipinski definition) is 0. The molecule has 0 aliphatic heterocycles. The van der Waals surface area contributed by atoms with Crippen LogP contribution in [0.1, 0.15) is 36.7 Å². The summed E-state index contributed by atoms with van der Waals surface area (Å²) in [6, 6.07) is 27.3. The lowest BCUT2D eigenvalue weighted by molar-refractivity contribution is 0.238. The smallest absolute Gasteiger partial charge is 0.140 e. The van der Waals surface area contributed by atoms with Crippen molar-refractivity contribution in [3.05, 3.63) is 108 Å². The van der Waals surface area contributed by atoms with E-state index in [1.54, 1.807) is 0 Å². The Kier molecular flexibility index (Phi) is 7.24. The van der Waals surface area contributed by atoms with E-state index in [2.05, 4.69) is 100 Å². The molecule has 0 amide bonds. The molecule has 0 unspecified atom stereocenters. The second-order valence-corrected chi connectivity index (χ2v) is 7.90. The molecule has 0 N–H and O–H groups in total. The zero-order chi connectivity index (χ0) is 21.3. The molecule has 0 bridgehead atoms. The van der Waals surface area contributed by atoms with E-state index >= 15 is 0 Å². The Morgan fingerprint density at radius 1 is 0.774 bits per heavy atom. The molecule has 0 saturated carbocycles. The molecule has 0 spiro atoms. The molecule has 2 aromatic heterocycles. The van der Waals surface area contributed by atoms with Gasteiger partial charge in [-0.05, 0) is 24.1 Å². The average molecular weight is 411 g/mol. The highest BCUT2D eigenvalue weighted by atomic mass is 15.2. The standard InChI is InChI=1S/C27H30N4/c1-2-3-18-31-26(19-29-27(31)24-14-8-5-9-15-24)22-30(20-23-12-6-4-7-13-23)21-25-16-10-11-17-28-25/h4-17,19H,2-3,18,20-22H2,1H3. The lowest BCUT2D eigenvalue weighted by Gasteiger charge is -2.23. The quantitative estimate of drug-likeness (QED) is 0.324. The number of nitrogens with zero attached hydrogens (tertiary/aromatic N) is 4. The first-order valence-corrected chi connectivity index (χ1v) is 11.1. The Morgan fingerprint density at radius 2 is 1.52 bits per heavy atom. The molecule has 31 heavy (non-hydrogen) atoms. The van der Waals surface area contributed by atoms with Crippen LogP contribution in [0.3, 0.4) is 0 Å². The van der Waals surface area contributed by atoms with E-state index in [1.165, 1.54) is 16.8 Å². The first-order valence-electron chi connectivity index (χ1n) is 11.1. The number of unbranched alkanes of at least 4 members (excludes halogenated alkanes) is 1. The molecule has 0 saturated heterocycles. The zero-order valence-corrected chi connectivity index (χ0v) is 18.2. The largest absolute Gasteiger partial charge is 0.327 e. The summed E-state index contributed by atoms with van der Waals surface area (Å²) in [5.41, 5.74) is 4.81. The maximum absolute atomic E-state index is 4.83. The van der Waals surface area contributed by atoms with Gasteiger partial charge in [0.05, 0.1) is 17.6 Å². The van der Waals surface area contributed by atoms with Crippen LogP contribution in [0.25, 0.3) is 11.4 Å². The molecule has 4 aromatic rings. The van der Waals surface area contributed by atoms with Gasteiger partial charge in [-0.15, -0.1) is 0 Å². The van der Waals surface area contributed by atoms with Crippen LogP contribution in [0.5, 0.6) is 0 Å². The topological polar surface area (TPSA) is 34.0 Å². The Hall–Kier alpha value is -3.24. The molecule has 4 heteroatoms. The van der Waals surface area contributed by atoms with Crippen LogP contribution in [-0.2, 0) is 26.2 Å². The van der Waals surface area contributed by atoms with Crippen LogP contribution < -0.4 is 0 Å². The maximum Gasteiger partial charge on any atom is 0.140 e. The van der Waals surface area contributed by atoms with Gasteiger partial charge in [-0.2, -0.15) is 0 Å². The minimum Gasteiger partial charge on any atom is -0.327 e. The third-order valence-corrected chi connectivity index (χ3v) is 5.45. The highest BCUT2D eigenvalue weighted by Crippen LogP contribution is 2.22. The minimum atomic E-state index is 0.801. The van der Waals surface area contributed by atoms with Crippen molar-refractivity contribution in [2.24, 2.45) is 0 Å². The molecule has 0 aliphatic carbocycles. The zero-order valence-electron chi connectivity index (χ0n) is 18.2. The molecular weight excluding hydrogens is 380 g/mol. The molecule has 4 nitrogen and oxygen atoms in total. The van der Waals surface area contributed by atoms with E-state index in [1.807, 2.05) is 12.3 Å². The highest BCUT2D eigenvalue weighted by Gasteiger charge is 2.16. The fourth-order valence-corrected chi connectivity index (χ4v) is 3.88. The number of imidazole rings is 1. The third kappa shape index (κ3) is 5.68. The van der Waals surface area contributed by atoms with Crippen molar-refractivity contribution in [1.82, 2.24) is 19.4 Å². The summed E-state index contributed by atoms with van der Waals surface area (Å²) in [7, 11) is 0.